The lowest BCUT2D eigenvalue weighted by atomic mass is 9.77. The van der Waals surface area contributed by atoms with Gasteiger partial charge in [0.2, 0.25) is 11.8 Å². The summed E-state index contributed by atoms with van der Waals surface area (Å²) in [7, 11) is 1.85. The lowest BCUT2D eigenvalue weighted by molar-refractivity contribution is -0.135. The number of hydrogen-bond donors (Lipinski definition) is 1. The fourth-order valence-electron chi connectivity index (χ4n) is 3.77. The lowest BCUT2D eigenvalue weighted by Gasteiger charge is -2.37. The molecule has 6 nitrogen and oxygen atoms in total. The molecule has 1 aliphatic carbocycles. The highest BCUT2D eigenvalue weighted by Crippen LogP contribution is 2.43. The second-order valence-electron chi connectivity index (χ2n) is 6.97. The molecule has 2 aliphatic rings. The smallest absolute Gasteiger partial charge is 0.232 e. The monoisotopic (exact) mass is 362 g/mol. The largest absolute Gasteiger partial charge is 0.339 e. The number of benzene rings is 1. The number of amides is 1. The van der Waals surface area contributed by atoms with Crippen LogP contribution in [-0.4, -0.2) is 28.0 Å². The van der Waals surface area contributed by atoms with Gasteiger partial charge < -0.3 is 15.2 Å². The SMILES string of the molecule is CN1C(=O)CCC(c2nc(C3(N)CCC3)no2)C1c1ccccc1.Cl. The number of halogens is 1. The average Bonchev–Trinajstić information content (AvgIpc) is 3.06. The zero-order chi connectivity index (χ0) is 16.7. The molecule has 1 aromatic heterocycles. The Balaban J connectivity index is 0.00000182. The molecule has 2 atom stereocenters. The Morgan fingerprint density at radius 3 is 2.64 bits per heavy atom. The van der Waals surface area contributed by atoms with Crippen molar-refractivity contribution in [2.75, 3.05) is 7.05 Å². The van der Waals surface area contributed by atoms with Gasteiger partial charge in [-0.25, -0.2) is 0 Å². The number of piperidine rings is 1. The maximum absolute atomic E-state index is 12.2. The summed E-state index contributed by atoms with van der Waals surface area (Å²) in [5.74, 6) is 1.35. The van der Waals surface area contributed by atoms with Crippen molar-refractivity contribution in [1.29, 1.82) is 0 Å². The Bertz CT molecular complexity index is 745. The minimum absolute atomic E-state index is 0. The van der Waals surface area contributed by atoms with E-state index in [2.05, 4.69) is 10.1 Å². The molecule has 1 amide bonds. The normalized spacial score (nSPS) is 25.2. The predicted molar refractivity (Wildman–Crippen MR) is 95.2 cm³/mol. The fraction of sp³-hybridized carbons (Fsp3) is 0.500. The first-order chi connectivity index (χ1) is 11.6. The van der Waals surface area contributed by atoms with Crippen LogP contribution in [0.3, 0.4) is 0 Å². The summed E-state index contributed by atoms with van der Waals surface area (Å²) in [5.41, 5.74) is 6.97. The third kappa shape index (κ3) is 3.04. The maximum atomic E-state index is 12.2. The van der Waals surface area contributed by atoms with Crippen LogP contribution < -0.4 is 5.73 Å². The quantitative estimate of drug-likeness (QED) is 0.907. The van der Waals surface area contributed by atoms with Gasteiger partial charge in [-0.2, -0.15) is 4.98 Å². The molecule has 2 unspecified atom stereocenters. The summed E-state index contributed by atoms with van der Waals surface area (Å²) in [6.45, 7) is 0. The molecule has 2 fully saturated rings. The van der Waals surface area contributed by atoms with Crippen LogP contribution >= 0.6 is 12.4 Å². The van der Waals surface area contributed by atoms with Crippen LogP contribution in [0.25, 0.3) is 0 Å². The average molecular weight is 363 g/mol. The topological polar surface area (TPSA) is 85.2 Å². The van der Waals surface area contributed by atoms with Crippen molar-refractivity contribution < 1.29 is 9.32 Å². The van der Waals surface area contributed by atoms with Crippen LogP contribution in [0.5, 0.6) is 0 Å². The van der Waals surface area contributed by atoms with Gasteiger partial charge in [0.05, 0.1) is 17.5 Å². The van der Waals surface area contributed by atoms with Crippen LogP contribution in [0, 0.1) is 0 Å². The standard InChI is InChI=1S/C18H22N4O2.ClH/c1-22-14(23)9-8-13(15(22)12-6-3-2-4-7-12)16-20-17(21-24-16)18(19)10-5-11-18;/h2-4,6-7,13,15H,5,8-11,19H2,1H3;1H. The minimum atomic E-state index is -0.430. The summed E-state index contributed by atoms with van der Waals surface area (Å²) in [6, 6.07) is 9.95. The van der Waals surface area contributed by atoms with Gasteiger partial charge in [-0.05, 0) is 31.2 Å². The van der Waals surface area contributed by atoms with E-state index in [1.54, 1.807) is 4.90 Å². The molecule has 0 bridgehead atoms. The van der Waals surface area contributed by atoms with E-state index in [1.807, 2.05) is 37.4 Å². The minimum Gasteiger partial charge on any atom is -0.339 e. The summed E-state index contributed by atoms with van der Waals surface area (Å²) < 4.78 is 5.58. The van der Waals surface area contributed by atoms with Crippen LogP contribution in [-0.2, 0) is 10.3 Å². The Kier molecular flexibility index (Phi) is 4.84. The lowest BCUT2D eigenvalue weighted by Crippen LogP contribution is -2.44. The number of carbonyl (C=O) groups excluding carboxylic acids is 1. The number of likely N-dealkylation sites (tertiary alicyclic amines) is 1. The predicted octanol–water partition coefficient (Wildman–Crippen LogP) is 2.91. The van der Waals surface area contributed by atoms with E-state index in [0.717, 1.165) is 24.8 Å². The van der Waals surface area contributed by atoms with E-state index in [0.29, 0.717) is 24.6 Å². The third-order valence-corrected chi connectivity index (χ3v) is 5.45. The molecular weight excluding hydrogens is 340 g/mol. The first-order valence-corrected chi connectivity index (χ1v) is 8.52. The number of nitrogens with two attached hydrogens (primary N) is 1. The van der Waals surface area contributed by atoms with E-state index >= 15 is 0 Å². The van der Waals surface area contributed by atoms with Crippen molar-refractivity contribution in [3.63, 3.8) is 0 Å². The summed E-state index contributed by atoms with van der Waals surface area (Å²) >= 11 is 0. The summed E-state index contributed by atoms with van der Waals surface area (Å²) in [6.07, 6.45) is 4.11. The Hall–Kier alpha value is -1.92. The molecule has 1 saturated carbocycles. The highest BCUT2D eigenvalue weighted by Gasteiger charge is 2.42. The maximum Gasteiger partial charge on any atom is 0.232 e. The molecule has 1 aromatic carbocycles. The first kappa shape index (κ1) is 17.9. The second-order valence-corrected chi connectivity index (χ2v) is 6.97. The highest BCUT2D eigenvalue weighted by molar-refractivity contribution is 5.85. The van der Waals surface area contributed by atoms with Crippen LogP contribution in [0.4, 0.5) is 0 Å². The number of nitrogens with zero attached hydrogens (tertiary/aromatic N) is 3. The number of rotatable bonds is 3. The van der Waals surface area contributed by atoms with Crippen molar-refractivity contribution >= 4 is 18.3 Å². The van der Waals surface area contributed by atoms with Gasteiger partial charge >= 0.3 is 0 Å². The highest BCUT2D eigenvalue weighted by atomic mass is 35.5. The van der Waals surface area contributed by atoms with E-state index in [-0.39, 0.29) is 30.3 Å². The molecule has 25 heavy (non-hydrogen) atoms. The van der Waals surface area contributed by atoms with Crippen molar-refractivity contribution in [3.05, 3.63) is 47.6 Å². The Labute approximate surface area is 153 Å². The molecular formula is C18H23ClN4O2. The molecule has 1 aliphatic heterocycles. The summed E-state index contributed by atoms with van der Waals surface area (Å²) in [4.78, 5) is 18.6. The molecule has 0 radical (unpaired) electrons. The van der Waals surface area contributed by atoms with E-state index in [4.69, 9.17) is 10.3 Å². The zero-order valence-corrected chi connectivity index (χ0v) is 15.0. The van der Waals surface area contributed by atoms with Crippen LogP contribution in [0.15, 0.2) is 34.9 Å². The van der Waals surface area contributed by atoms with E-state index < -0.39 is 5.54 Å². The number of hydrogen-bond acceptors (Lipinski definition) is 5. The molecule has 2 aromatic rings. The van der Waals surface area contributed by atoms with Crippen LogP contribution in [0.2, 0.25) is 0 Å². The van der Waals surface area contributed by atoms with Gasteiger partial charge in [-0.1, -0.05) is 35.5 Å². The molecule has 2 N–H and O–H groups in total. The molecule has 4 rings (SSSR count). The Morgan fingerprint density at radius 1 is 1.28 bits per heavy atom. The zero-order valence-electron chi connectivity index (χ0n) is 14.2. The number of carbonyl (C=O) groups is 1. The molecule has 134 valence electrons. The van der Waals surface area contributed by atoms with E-state index in [1.165, 1.54) is 0 Å². The molecule has 7 heteroatoms. The second kappa shape index (κ2) is 6.77. The third-order valence-electron chi connectivity index (χ3n) is 5.45. The van der Waals surface area contributed by atoms with Gasteiger partial charge in [-0.15, -0.1) is 12.4 Å². The van der Waals surface area contributed by atoms with E-state index in [9.17, 15) is 4.79 Å². The molecule has 1 saturated heterocycles. The molecule has 2 heterocycles. The number of aromatic nitrogens is 2. The van der Waals surface area contributed by atoms with Gasteiger partial charge in [-0.3, -0.25) is 4.79 Å². The summed E-state index contributed by atoms with van der Waals surface area (Å²) in [5, 5.41) is 4.14. The van der Waals surface area contributed by atoms with Crippen molar-refractivity contribution in [1.82, 2.24) is 15.0 Å². The van der Waals surface area contributed by atoms with Gasteiger partial charge in [0.1, 0.15) is 0 Å². The first-order valence-electron chi connectivity index (χ1n) is 8.52. The Morgan fingerprint density at radius 2 is 2.00 bits per heavy atom. The molecule has 0 spiro atoms. The van der Waals surface area contributed by atoms with Gasteiger partial charge in [0.25, 0.3) is 0 Å². The number of likely N-dealkylation sites (N-methyl/N-ethyl adjacent to an activating group) is 1. The van der Waals surface area contributed by atoms with Gasteiger partial charge in [0.15, 0.2) is 5.82 Å². The van der Waals surface area contributed by atoms with Gasteiger partial charge in [0, 0.05) is 13.5 Å². The fourth-order valence-corrected chi connectivity index (χ4v) is 3.77. The van der Waals surface area contributed by atoms with Crippen molar-refractivity contribution in [3.8, 4) is 0 Å². The van der Waals surface area contributed by atoms with Crippen LogP contribution in [0.1, 0.15) is 61.3 Å². The van der Waals surface area contributed by atoms with Crippen molar-refractivity contribution in [2.24, 2.45) is 5.73 Å². The van der Waals surface area contributed by atoms with Crippen molar-refractivity contribution in [2.45, 2.75) is 49.6 Å².